The minimum atomic E-state index is -0.469. The Hall–Kier alpha value is -2.05. The number of anilines is 1. The molecule has 0 fully saturated rings. The summed E-state index contributed by atoms with van der Waals surface area (Å²) in [4.78, 5) is 0. The van der Waals surface area contributed by atoms with Crippen LogP contribution in [-0.2, 0) is 0 Å². The van der Waals surface area contributed by atoms with Crippen molar-refractivity contribution in [3.63, 3.8) is 0 Å². The molecule has 26 heavy (non-hydrogen) atoms. The standard InChI is InChI=1S/C19H20ClFN2O2S/c1-19(2)10-16(13-9-12(24-3)5-7-17(13)25-19)23-18(26)22-11-4-6-15(21)14(20)8-11/h4-9,16H,10H2,1-3H3,(H2,22,23,26)/t16-/m0/s1. The van der Waals surface area contributed by atoms with E-state index in [2.05, 4.69) is 10.6 Å². The number of fused-ring (bicyclic) bond motifs is 1. The number of hydrogen-bond donors (Lipinski definition) is 2. The van der Waals surface area contributed by atoms with Gasteiger partial charge in [0.2, 0.25) is 0 Å². The summed E-state index contributed by atoms with van der Waals surface area (Å²) >= 11 is 11.2. The molecule has 0 bridgehead atoms. The zero-order chi connectivity index (χ0) is 18.9. The Bertz CT molecular complexity index is 844. The van der Waals surface area contributed by atoms with E-state index in [4.69, 9.17) is 33.3 Å². The normalized spacial score (nSPS) is 17.7. The molecule has 2 N–H and O–H groups in total. The van der Waals surface area contributed by atoms with Crippen LogP contribution in [0.3, 0.4) is 0 Å². The number of methoxy groups -OCH3 is 1. The Morgan fingerprint density at radius 3 is 2.77 bits per heavy atom. The van der Waals surface area contributed by atoms with E-state index in [-0.39, 0.29) is 16.7 Å². The summed E-state index contributed by atoms with van der Waals surface area (Å²) in [7, 11) is 1.63. The lowest BCUT2D eigenvalue weighted by Gasteiger charge is -2.38. The number of benzene rings is 2. The van der Waals surface area contributed by atoms with Crippen LogP contribution in [0.2, 0.25) is 5.02 Å². The third kappa shape index (κ3) is 4.19. The molecule has 0 aliphatic carbocycles. The van der Waals surface area contributed by atoms with E-state index in [0.29, 0.717) is 10.8 Å². The zero-order valence-corrected chi connectivity index (χ0v) is 16.3. The molecule has 1 atom stereocenters. The Labute approximate surface area is 162 Å². The Kier molecular flexibility index (Phi) is 5.25. The molecule has 2 aromatic rings. The first kappa shape index (κ1) is 18.7. The van der Waals surface area contributed by atoms with E-state index in [9.17, 15) is 4.39 Å². The monoisotopic (exact) mass is 394 g/mol. The van der Waals surface area contributed by atoms with E-state index in [1.165, 1.54) is 12.1 Å². The fourth-order valence-corrected chi connectivity index (χ4v) is 3.43. The average Bonchev–Trinajstić information content (AvgIpc) is 2.57. The third-order valence-electron chi connectivity index (χ3n) is 4.16. The third-order valence-corrected chi connectivity index (χ3v) is 4.67. The zero-order valence-electron chi connectivity index (χ0n) is 14.7. The fourth-order valence-electron chi connectivity index (χ4n) is 2.99. The lowest BCUT2D eigenvalue weighted by molar-refractivity contribution is 0.0695. The average molecular weight is 395 g/mol. The predicted molar refractivity (Wildman–Crippen MR) is 106 cm³/mol. The molecule has 0 saturated heterocycles. The molecule has 7 heteroatoms. The summed E-state index contributed by atoms with van der Waals surface area (Å²) in [6.45, 7) is 4.07. The highest BCUT2D eigenvalue weighted by Gasteiger charge is 2.34. The first-order valence-corrected chi connectivity index (χ1v) is 8.95. The van der Waals surface area contributed by atoms with Gasteiger partial charge in [0, 0.05) is 17.7 Å². The van der Waals surface area contributed by atoms with Crippen molar-refractivity contribution in [2.75, 3.05) is 12.4 Å². The predicted octanol–water partition coefficient (Wildman–Crippen LogP) is 5.08. The highest BCUT2D eigenvalue weighted by molar-refractivity contribution is 7.80. The second-order valence-electron chi connectivity index (χ2n) is 6.75. The first-order valence-electron chi connectivity index (χ1n) is 8.17. The second-order valence-corrected chi connectivity index (χ2v) is 7.57. The molecular formula is C19H20ClFN2O2S. The second kappa shape index (κ2) is 7.29. The summed E-state index contributed by atoms with van der Waals surface area (Å²) in [6.07, 6.45) is 0.721. The van der Waals surface area contributed by atoms with Crippen molar-refractivity contribution < 1.29 is 13.9 Å². The maximum Gasteiger partial charge on any atom is 0.171 e. The van der Waals surface area contributed by atoms with Crippen LogP contribution in [0.4, 0.5) is 10.1 Å². The Morgan fingerprint density at radius 1 is 1.31 bits per heavy atom. The van der Waals surface area contributed by atoms with Crippen molar-refractivity contribution in [3.05, 3.63) is 52.8 Å². The number of nitrogens with one attached hydrogen (secondary N) is 2. The van der Waals surface area contributed by atoms with Crippen molar-refractivity contribution in [2.24, 2.45) is 0 Å². The van der Waals surface area contributed by atoms with Crippen LogP contribution in [0, 0.1) is 5.82 Å². The molecule has 0 aromatic heterocycles. The number of hydrogen-bond acceptors (Lipinski definition) is 3. The number of thiocarbonyl (C=S) groups is 1. The molecule has 0 saturated carbocycles. The van der Waals surface area contributed by atoms with E-state index in [1.807, 2.05) is 32.0 Å². The lowest BCUT2D eigenvalue weighted by Crippen LogP contribution is -2.42. The van der Waals surface area contributed by atoms with Gasteiger partial charge in [-0.3, -0.25) is 0 Å². The van der Waals surface area contributed by atoms with Crippen LogP contribution >= 0.6 is 23.8 Å². The van der Waals surface area contributed by atoms with Gasteiger partial charge in [-0.25, -0.2) is 4.39 Å². The molecule has 2 aromatic carbocycles. The van der Waals surface area contributed by atoms with E-state index in [0.717, 1.165) is 23.5 Å². The molecular weight excluding hydrogens is 375 g/mol. The lowest BCUT2D eigenvalue weighted by atomic mass is 9.89. The van der Waals surface area contributed by atoms with Crippen LogP contribution in [0.5, 0.6) is 11.5 Å². The molecule has 0 amide bonds. The maximum atomic E-state index is 13.3. The largest absolute Gasteiger partial charge is 0.497 e. The van der Waals surface area contributed by atoms with Crippen LogP contribution in [0.1, 0.15) is 31.9 Å². The highest BCUT2D eigenvalue weighted by atomic mass is 35.5. The minimum absolute atomic E-state index is 0.0417. The topological polar surface area (TPSA) is 42.5 Å². The van der Waals surface area contributed by atoms with E-state index >= 15 is 0 Å². The van der Waals surface area contributed by atoms with Gasteiger partial charge >= 0.3 is 0 Å². The van der Waals surface area contributed by atoms with Crippen molar-refractivity contribution in [3.8, 4) is 11.5 Å². The molecule has 0 spiro atoms. The van der Waals surface area contributed by atoms with Crippen molar-refractivity contribution in [1.82, 2.24) is 5.32 Å². The first-order chi connectivity index (χ1) is 12.3. The summed E-state index contributed by atoms with van der Waals surface area (Å²) < 4.78 is 24.7. The van der Waals surface area contributed by atoms with Gasteiger partial charge in [-0.05, 0) is 62.5 Å². The van der Waals surface area contributed by atoms with Gasteiger partial charge in [0.15, 0.2) is 5.11 Å². The molecule has 0 unspecified atom stereocenters. The minimum Gasteiger partial charge on any atom is -0.497 e. The van der Waals surface area contributed by atoms with Gasteiger partial charge in [0.05, 0.1) is 18.2 Å². The molecule has 1 aliphatic rings. The van der Waals surface area contributed by atoms with Crippen LogP contribution in [0.25, 0.3) is 0 Å². The Morgan fingerprint density at radius 2 is 2.08 bits per heavy atom. The summed E-state index contributed by atoms with van der Waals surface area (Å²) in [5.74, 6) is 1.08. The van der Waals surface area contributed by atoms with Gasteiger partial charge < -0.3 is 20.1 Å². The van der Waals surface area contributed by atoms with Crippen LogP contribution in [-0.4, -0.2) is 17.8 Å². The molecule has 3 rings (SSSR count). The van der Waals surface area contributed by atoms with Crippen molar-refractivity contribution in [1.29, 1.82) is 0 Å². The van der Waals surface area contributed by atoms with Gasteiger partial charge in [0.1, 0.15) is 22.9 Å². The van der Waals surface area contributed by atoms with Gasteiger partial charge in [0.25, 0.3) is 0 Å². The van der Waals surface area contributed by atoms with Crippen LogP contribution in [0.15, 0.2) is 36.4 Å². The summed E-state index contributed by atoms with van der Waals surface area (Å²) in [5.41, 5.74) is 1.25. The summed E-state index contributed by atoms with van der Waals surface area (Å²) in [6, 6.07) is 10.0. The Balaban J connectivity index is 1.79. The SMILES string of the molecule is COc1ccc2c(c1)[C@@H](NC(=S)Nc1ccc(F)c(Cl)c1)CC(C)(C)O2. The van der Waals surface area contributed by atoms with Crippen LogP contribution < -0.4 is 20.1 Å². The number of rotatable bonds is 3. The molecule has 138 valence electrons. The maximum absolute atomic E-state index is 13.3. The van der Waals surface area contributed by atoms with Gasteiger partial charge in [-0.15, -0.1) is 0 Å². The van der Waals surface area contributed by atoms with Crippen molar-refractivity contribution in [2.45, 2.75) is 31.9 Å². The number of ether oxygens (including phenoxy) is 2. The fraction of sp³-hybridized carbons (Fsp3) is 0.316. The van der Waals surface area contributed by atoms with Gasteiger partial charge in [-0.2, -0.15) is 0 Å². The highest BCUT2D eigenvalue weighted by Crippen LogP contribution is 2.41. The van der Waals surface area contributed by atoms with E-state index in [1.54, 1.807) is 13.2 Å². The quantitative estimate of drug-likeness (QED) is 0.711. The van der Waals surface area contributed by atoms with Crippen molar-refractivity contribution >= 4 is 34.6 Å². The molecule has 1 aliphatic heterocycles. The van der Waals surface area contributed by atoms with E-state index < -0.39 is 5.82 Å². The molecule has 1 heterocycles. The summed E-state index contributed by atoms with van der Waals surface area (Å²) in [5, 5.41) is 6.82. The smallest absolute Gasteiger partial charge is 0.171 e. The van der Waals surface area contributed by atoms with Gasteiger partial charge in [-0.1, -0.05) is 11.6 Å². The molecule has 4 nitrogen and oxygen atoms in total. The molecule has 0 radical (unpaired) electrons. The number of halogens is 2.